The highest BCUT2D eigenvalue weighted by molar-refractivity contribution is 5.73. The molecule has 4 heterocycles. The van der Waals surface area contributed by atoms with Crippen molar-refractivity contribution < 1.29 is 53.3 Å². The van der Waals surface area contributed by atoms with Gasteiger partial charge in [0.1, 0.15) is 17.8 Å². The Kier molecular flexibility index (Phi) is 12.2. The number of aliphatic hydroxyl groups excluding tert-OH is 2. The molecule has 2 bridgehead atoms. The molecule has 12 nitrogen and oxygen atoms in total. The molecular weight excluding hydrogens is 610 g/mol. The molecule has 0 radical (unpaired) electrons. The fraction of sp³-hybridized carbons (Fsp3) is 0.971. The maximum Gasteiger partial charge on any atom is 0.311 e. The molecule has 0 aromatic carbocycles. The molecule has 4 rings (SSSR count). The monoisotopic (exact) mass is 673 g/mol. The first-order valence-electron chi connectivity index (χ1n) is 17.7. The van der Waals surface area contributed by atoms with Crippen molar-refractivity contribution in [2.45, 2.75) is 186 Å². The first-order valence-corrected chi connectivity index (χ1v) is 17.7. The second-order valence-corrected chi connectivity index (χ2v) is 15.9. The van der Waals surface area contributed by atoms with Crippen molar-refractivity contribution in [1.82, 2.24) is 0 Å². The second-order valence-electron chi connectivity index (χ2n) is 15.9. The zero-order valence-corrected chi connectivity index (χ0v) is 30.4. The van der Waals surface area contributed by atoms with Crippen LogP contribution in [-0.2, 0) is 38.0 Å². The van der Waals surface area contributed by atoms with Crippen LogP contribution in [0, 0.1) is 23.7 Å². The highest BCUT2D eigenvalue weighted by Crippen LogP contribution is 2.47. The number of esters is 1. The maximum absolute atomic E-state index is 14.0. The zero-order valence-electron chi connectivity index (χ0n) is 30.4. The van der Waals surface area contributed by atoms with Crippen LogP contribution in [0.15, 0.2) is 0 Å². The van der Waals surface area contributed by atoms with Crippen LogP contribution in [0.25, 0.3) is 0 Å². The van der Waals surface area contributed by atoms with Gasteiger partial charge in [-0.25, -0.2) is 0 Å². The van der Waals surface area contributed by atoms with Gasteiger partial charge in [-0.15, -0.1) is 0 Å². The summed E-state index contributed by atoms with van der Waals surface area (Å²) in [5, 5.41) is 34.5. The van der Waals surface area contributed by atoms with Crippen LogP contribution in [0.2, 0.25) is 0 Å². The quantitative estimate of drug-likeness (QED) is 0.305. The largest absolute Gasteiger partial charge is 0.459 e. The minimum Gasteiger partial charge on any atom is -0.459 e. The number of fused-ring (bicyclic) bond motifs is 2. The molecule has 4 aliphatic rings. The first-order chi connectivity index (χ1) is 21.8. The third-order valence-electron chi connectivity index (χ3n) is 11.5. The summed E-state index contributed by atoms with van der Waals surface area (Å²) in [5.41, 5.74) is 3.08. The summed E-state index contributed by atoms with van der Waals surface area (Å²) in [6, 6.07) is -0.550. The van der Waals surface area contributed by atoms with Crippen LogP contribution in [0.3, 0.4) is 0 Å². The van der Waals surface area contributed by atoms with Gasteiger partial charge in [0.25, 0.3) is 0 Å². The molecule has 0 aromatic rings. The van der Waals surface area contributed by atoms with Gasteiger partial charge >= 0.3 is 5.97 Å². The van der Waals surface area contributed by atoms with Crippen molar-refractivity contribution in [3.05, 3.63) is 0 Å². The fourth-order valence-electron chi connectivity index (χ4n) is 8.80. The predicted molar refractivity (Wildman–Crippen MR) is 173 cm³/mol. The van der Waals surface area contributed by atoms with Crippen LogP contribution in [0.1, 0.15) is 101 Å². The Bertz CT molecular complexity index is 1060. The van der Waals surface area contributed by atoms with Crippen LogP contribution in [0.5, 0.6) is 0 Å². The molecular formula is C35H63NO11. The van der Waals surface area contributed by atoms with Crippen molar-refractivity contribution in [2.24, 2.45) is 29.4 Å². The Hall–Kier alpha value is -0.930. The van der Waals surface area contributed by atoms with E-state index in [2.05, 4.69) is 6.92 Å². The van der Waals surface area contributed by atoms with Gasteiger partial charge in [-0.3, -0.25) is 4.79 Å². The number of hydrogen-bond acceptors (Lipinski definition) is 12. The number of nitrogens with two attached hydrogens (primary N) is 1. The van der Waals surface area contributed by atoms with Gasteiger partial charge in [0.15, 0.2) is 12.6 Å². The number of methoxy groups -OCH3 is 1. The molecule has 4 aliphatic heterocycles. The highest BCUT2D eigenvalue weighted by Gasteiger charge is 2.57. The van der Waals surface area contributed by atoms with E-state index in [1.807, 2.05) is 48.5 Å². The van der Waals surface area contributed by atoms with Crippen LogP contribution in [0.4, 0.5) is 0 Å². The lowest BCUT2D eigenvalue weighted by Crippen LogP contribution is -2.59. The van der Waals surface area contributed by atoms with Crippen molar-refractivity contribution in [3.63, 3.8) is 0 Å². The van der Waals surface area contributed by atoms with Gasteiger partial charge in [0, 0.05) is 37.8 Å². The Morgan fingerprint density at radius 3 is 2.21 bits per heavy atom. The fourth-order valence-corrected chi connectivity index (χ4v) is 8.80. The van der Waals surface area contributed by atoms with E-state index >= 15 is 0 Å². The number of rotatable bonds is 6. The third kappa shape index (κ3) is 8.02. The van der Waals surface area contributed by atoms with E-state index in [0.29, 0.717) is 25.7 Å². The Morgan fingerprint density at radius 1 is 0.936 bits per heavy atom. The molecule has 0 spiro atoms. The summed E-state index contributed by atoms with van der Waals surface area (Å²) in [5.74, 6) is -2.54. The Labute approximate surface area is 281 Å². The van der Waals surface area contributed by atoms with E-state index in [0.717, 1.165) is 0 Å². The first kappa shape index (κ1) is 38.9. The van der Waals surface area contributed by atoms with Gasteiger partial charge in [0.2, 0.25) is 0 Å². The minimum absolute atomic E-state index is 0.0376. The van der Waals surface area contributed by atoms with Crippen molar-refractivity contribution in [1.29, 1.82) is 0 Å². The zero-order chi connectivity index (χ0) is 35.2. The number of hydrogen-bond donors (Lipinski definition) is 4. The molecule has 0 unspecified atom stereocenters. The molecule has 12 heteroatoms. The van der Waals surface area contributed by atoms with E-state index < -0.39 is 95.8 Å². The predicted octanol–water partition coefficient (Wildman–Crippen LogP) is 3.05. The lowest BCUT2D eigenvalue weighted by atomic mass is 9.76. The topological polar surface area (TPSA) is 168 Å². The van der Waals surface area contributed by atoms with E-state index in [4.69, 9.17) is 38.9 Å². The summed E-state index contributed by atoms with van der Waals surface area (Å²) in [7, 11) is 1.67. The van der Waals surface area contributed by atoms with E-state index in [9.17, 15) is 20.1 Å². The average Bonchev–Trinajstić information content (AvgIpc) is 3.31. The lowest BCUT2D eigenvalue weighted by molar-refractivity contribution is -0.307. The van der Waals surface area contributed by atoms with Crippen LogP contribution in [-0.4, -0.2) is 113 Å². The molecule has 0 saturated carbocycles. The van der Waals surface area contributed by atoms with Crippen molar-refractivity contribution in [2.75, 3.05) is 7.11 Å². The molecule has 274 valence electrons. The smallest absolute Gasteiger partial charge is 0.311 e. The summed E-state index contributed by atoms with van der Waals surface area (Å²) < 4.78 is 44.7. The van der Waals surface area contributed by atoms with Gasteiger partial charge < -0.3 is 54.2 Å². The SMILES string of the molecule is CC[C@H]1OC(=O)[C@H](C)[C@@H](O[C@H]2C[C@@](C)(OC)C[C@H](C)O2)[C@H](C)[C@@H](O[C@@H]2O[C@H](C)C[C@H](N)[C@H]2O)[C@@]2(C)C[C@@H](C)[C@@H](O2)[C@H](C)[C@@H](O)[C@]1(C)O. The molecule has 4 fully saturated rings. The summed E-state index contributed by atoms with van der Waals surface area (Å²) in [6.45, 7) is 18.7. The number of cyclic esters (lactones) is 1. The molecule has 0 aliphatic carbocycles. The maximum atomic E-state index is 14.0. The van der Waals surface area contributed by atoms with Gasteiger partial charge in [0.05, 0.1) is 53.7 Å². The normalized spacial score (nSPS) is 53.4. The summed E-state index contributed by atoms with van der Waals surface area (Å²) in [6.07, 6.45) is -5.14. The van der Waals surface area contributed by atoms with E-state index in [1.54, 1.807) is 14.0 Å². The molecule has 18 atom stereocenters. The summed E-state index contributed by atoms with van der Waals surface area (Å²) in [4.78, 5) is 14.0. The molecule has 0 aromatic heterocycles. The minimum atomic E-state index is -1.76. The van der Waals surface area contributed by atoms with Crippen molar-refractivity contribution >= 4 is 5.97 Å². The second kappa shape index (κ2) is 14.7. The molecule has 4 saturated heterocycles. The molecule has 47 heavy (non-hydrogen) atoms. The number of carbonyl (C=O) groups excluding carboxylic acids is 1. The highest BCUT2D eigenvalue weighted by atomic mass is 16.7. The van der Waals surface area contributed by atoms with E-state index in [-0.39, 0.29) is 24.5 Å². The van der Waals surface area contributed by atoms with E-state index in [1.165, 1.54) is 6.92 Å². The van der Waals surface area contributed by atoms with Crippen molar-refractivity contribution in [3.8, 4) is 0 Å². The van der Waals surface area contributed by atoms with Crippen LogP contribution < -0.4 is 5.73 Å². The Morgan fingerprint density at radius 2 is 1.60 bits per heavy atom. The standard InChI is InChI=1S/C35H63NO11/c1-12-24-35(10,40)29(38)20(5)27-17(2)14-34(9,47-27)30(46-32-26(37)23(36)13-18(3)43-32)21(6)28(22(7)31(39)44-24)45-25-16-33(8,41-11)15-19(4)42-25/h17-30,32,37-38,40H,12-16,36H2,1-11H3/t17-,18-,19+,20+,21+,22-,23+,24-,25+,26-,27-,28+,29-,30-,32+,33+,34-,35-/m1/s1. The molecule has 0 amide bonds. The Balaban J connectivity index is 1.82. The van der Waals surface area contributed by atoms with Gasteiger partial charge in [-0.2, -0.15) is 0 Å². The molecule has 5 N–H and O–H groups in total. The summed E-state index contributed by atoms with van der Waals surface area (Å²) >= 11 is 0. The number of carbonyl (C=O) groups is 1. The van der Waals surface area contributed by atoms with Crippen LogP contribution >= 0.6 is 0 Å². The number of ether oxygens (including phenoxy) is 7. The number of aliphatic hydroxyl groups is 3. The lowest BCUT2D eigenvalue weighted by Gasteiger charge is -2.47. The average molecular weight is 674 g/mol. The van der Waals surface area contributed by atoms with Gasteiger partial charge in [-0.1, -0.05) is 27.7 Å². The van der Waals surface area contributed by atoms with Gasteiger partial charge in [-0.05, 0) is 66.7 Å². The third-order valence-corrected chi connectivity index (χ3v) is 11.5.